The van der Waals surface area contributed by atoms with E-state index in [0.717, 1.165) is 17.5 Å². The Morgan fingerprint density at radius 3 is 2.94 bits per heavy atom. The highest BCUT2D eigenvalue weighted by Gasteiger charge is 2.12. The van der Waals surface area contributed by atoms with Gasteiger partial charge in [0, 0.05) is 6.20 Å². The van der Waals surface area contributed by atoms with E-state index in [1.807, 2.05) is 17.6 Å². The Kier molecular flexibility index (Phi) is 3.88. The molecule has 0 saturated heterocycles. The minimum atomic E-state index is -0.883. The van der Waals surface area contributed by atoms with E-state index in [1.54, 1.807) is 12.3 Å². The molecule has 2 rings (SSSR count). The number of aromatic nitrogens is 5. The molecule has 0 unspecified atom stereocenters. The zero-order chi connectivity index (χ0) is 13.0. The normalized spacial score (nSPS) is 10.5. The highest BCUT2D eigenvalue weighted by molar-refractivity contribution is 7.99. The Bertz CT molecular complexity index is 542. The molecule has 0 aliphatic carbocycles. The van der Waals surface area contributed by atoms with Gasteiger partial charge in [-0.25, -0.2) is 0 Å². The molecule has 7 nitrogen and oxygen atoms in total. The summed E-state index contributed by atoms with van der Waals surface area (Å²) in [4.78, 5) is 10.5. The van der Waals surface area contributed by atoms with Gasteiger partial charge in [-0.05, 0) is 19.1 Å². The Hall–Kier alpha value is -1.96. The summed E-state index contributed by atoms with van der Waals surface area (Å²) < 4.78 is 1.82. The molecular weight excluding hydrogens is 254 g/mol. The lowest BCUT2D eigenvalue weighted by molar-refractivity contribution is -0.133. The average Bonchev–Trinajstić information content (AvgIpc) is 2.70. The molecule has 0 aliphatic rings. The van der Waals surface area contributed by atoms with Crippen LogP contribution in [0.1, 0.15) is 11.5 Å². The Labute approximate surface area is 107 Å². The van der Waals surface area contributed by atoms with Gasteiger partial charge in [-0.1, -0.05) is 11.8 Å². The van der Waals surface area contributed by atoms with Crippen LogP contribution in [0.4, 0.5) is 0 Å². The lowest BCUT2D eigenvalue weighted by Gasteiger charge is -2.06. The van der Waals surface area contributed by atoms with Crippen LogP contribution in [0.5, 0.6) is 0 Å². The molecule has 0 spiro atoms. The van der Waals surface area contributed by atoms with E-state index < -0.39 is 5.97 Å². The summed E-state index contributed by atoms with van der Waals surface area (Å²) in [5.74, 6) is -0.209. The molecule has 2 aromatic rings. The summed E-state index contributed by atoms with van der Waals surface area (Å²) in [6.45, 7) is 2.29. The Morgan fingerprint density at radius 1 is 1.44 bits per heavy atom. The second-order valence-electron chi connectivity index (χ2n) is 3.51. The number of aryl methyl sites for hydroxylation is 1. The van der Waals surface area contributed by atoms with Crippen LogP contribution in [0.15, 0.2) is 23.5 Å². The number of thioether (sulfide) groups is 1. The Morgan fingerprint density at radius 2 is 2.28 bits per heavy atom. The summed E-state index contributed by atoms with van der Waals surface area (Å²) in [5, 5.41) is 24.9. The molecule has 94 valence electrons. The number of carboxylic acids is 1. The summed E-state index contributed by atoms with van der Waals surface area (Å²) in [7, 11) is 0. The molecule has 0 aliphatic heterocycles. The summed E-state index contributed by atoms with van der Waals surface area (Å²) in [6.07, 6.45) is 1.60. The predicted octanol–water partition coefficient (Wildman–Crippen LogP) is 0.602. The third-order valence-corrected chi connectivity index (χ3v) is 3.13. The van der Waals surface area contributed by atoms with Crippen LogP contribution in [0, 0.1) is 6.92 Å². The van der Waals surface area contributed by atoms with Crippen LogP contribution in [0.3, 0.4) is 0 Å². The average molecular weight is 265 g/mol. The Balaban J connectivity index is 2.16. The predicted molar refractivity (Wildman–Crippen MR) is 64.3 cm³/mol. The van der Waals surface area contributed by atoms with Gasteiger partial charge in [0.25, 0.3) is 0 Å². The maximum absolute atomic E-state index is 10.5. The van der Waals surface area contributed by atoms with E-state index in [0.29, 0.717) is 17.5 Å². The highest BCUT2D eigenvalue weighted by Crippen LogP contribution is 2.17. The van der Waals surface area contributed by atoms with Gasteiger partial charge < -0.3 is 9.67 Å². The van der Waals surface area contributed by atoms with Crippen molar-refractivity contribution in [2.45, 2.75) is 18.6 Å². The number of hydrogen-bond acceptors (Lipinski definition) is 6. The van der Waals surface area contributed by atoms with Crippen LogP contribution < -0.4 is 0 Å². The molecule has 8 heteroatoms. The van der Waals surface area contributed by atoms with Gasteiger partial charge in [0.05, 0.1) is 18.0 Å². The molecule has 0 bridgehead atoms. The molecule has 1 N–H and O–H groups in total. The number of rotatable bonds is 5. The largest absolute Gasteiger partial charge is 0.481 e. The number of aliphatic carboxylic acids is 1. The smallest absolute Gasteiger partial charge is 0.313 e. The third-order valence-electron chi connectivity index (χ3n) is 2.17. The van der Waals surface area contributed by atoms with Gasteiger partial charge in [-0.3, -0.25) is 4.79 Å². The van der Waals surface area contributed by atoms with Crippen molar-refractivity contribution in [3.05, 3.63) is 29.8 Å². The second-order valence-corrected chi connectivity index (χ2v) is 4.46. The number of carboxylic acid groups (broad SMARTS) is 1. The van der Waals surface area contributed by atoms with Gasteiger partial charge in [0.2, 0.25) is 0 Å². The van der Waals surface area contributed by atoms with Gasteiger partial charge >= 0.3 is 5.97 Å². The topological polar surface area (TPSA) is 93.8 Å². The summed E-state index contributed by atoms with van der Waals surface area (Å²) in [6, 6.07) is 3.64. The van der Waals surface area contributed by atoms with Gasteiger partial charge in [-0.15, -0.1) is 10.2 Å². The van der Waals surface area contributed by atoms with Crippen molar-refractivity contribution in [1.82, 2.24) is 25.0 Å². The lowest BCUT2D eigenvalue weighted by Crippen LogP contribution is -2.07. The number of carbonyl (C=O) groups is 1. The standard InChI is InChI=1S/C10H11N5O2S/c1-7-12-14-10(18-6-9(16)17)15(7)5-8-3-2-4-11-13-8/h2-4H,5-6H2,1H3,(H,16,17). The number of nitrogens with zero attached hydrogens (tertiary/aromatic N) is 5. The van der Waals surface area contributed by atoms with Crippen LogP contribution in [0.2, 0.25) is 0 Å². The molecule has 0 aromatic carbocycles. The van der Waals surface area contributed by atoms with E-state index in [2.05, 4.69) is 20.4 Å². The highest BCUT2D eigenvalue weighted by atomic mass is 32.2. The van der Waals surface area contributed by atoms with Gasteiger partial charge in [0.15, 0.2) is 5.16 Å². The van der Waals surface area contributed by atoms with Crippen molar-refractivity contribution in [2.75, 3.05) is 5.75 Å². The van der Waals surface area contributed by atoms with Crippen molar-refractivity contribution in [2.24, 2.45) is 0 Å². The van der Waals surface area contributed by atoms with Crippen molar-refractivity contribution in [3.8, 4) is 0 Å². The minimum Gasteiger partial charge on any atom is -0.481 e. The molecule has 0 atom stereocenters. The van der Waals surface area contributed by atoms with Crippen molar-refractivity contribution in [3.63, 3.8) is 0 Å². The van der Waals surface area contributed by atoms with Gasteiger partial charge in [-0.2, -0.15) is 10.2 Å². The van der Waals surface area contributed by atoms with E-state index >= 15 is 0 Å². The van der Waals surface area contributed by atoms with Crippen LogP contribution in [-0.4, -0.2) is 41.8 Å². The molecule has 0 saturated carbocycles. The lowest BCUT2D eigenvalue weighted by atomic mass is 10.4. The van der Waals surface area contributed by atoms with E-state index in [-0.39, 0.29) is 5.75 Å². The molecule has 2 heterocycles. The molecule has 0 amide bonds. The SMILES string of the molecule is Cc1nnc(SCC(=O)O)n1Cc1cccnn1. The quantitative estimate of drug-likeness (QED) is 0.791. The first-order chi connectivity index (χ1) is 8.66. The molecular formula is C10H11N5O2S. The third kappa shape index (κ3) is 3.04. The first-order valence-corrected chi connectivity index (χ1v) is 6.16. The maximum atomic E-state index is 10.5. The van der Waals surface area contributed by atoms with Gasteiger partial charge in [0.1, 0.15) is 5.82 Å². The molecule has 18 heavy (non-hydrogen) atoms. The second kappa shape index (κ2) is 5.58. The van der Waals surface area contributed by atoms with Crippen LogP contribution in [-0.2, 0) is 11.3 Å². The van der Waals surface area contributed by atoms with Crippen LogP contribution in [0.25, 0.3) is 0 Å². The van der Waals surface area contributed by atoms with Crippen LogP contribution >= 0.6 is 11.8 Å². The van der Waals surface area contributed by atoms with Crippen molar-refractivity contribution in [1.29, 1.82) is 0 Å². The van der Waals surface area contributed by atoms with Crippen molar-refractivity contribution < 1.29 is 9.90 Å². The zero-order valence-corrected chi connectivity index (χ0v) is 10.5. The first kappa shape index (κ1) is 12.5. The van der Waals surface area contributed by atoms with E-state index in [9.17, 15) is 4.79 Å². The molecule has 2 aromatic heterocycles. The monoisotopic (exact) mass is 265 g/mol. The number of hydrogen-bond donors (Lipinski definition) is 1. The first-order valence-electron chi connectivity index (χ1n) is 5.18. The summed E-state index contributed by atoms with van der Waals surface area (Å²) in [5.41, 5.74) is 0.776. The van der Waals surface area contributed by atoms with E-state index in [4.69, 9.17) is 5.11 Å². The summed E-state index contributed by atoms with van der Waals surface area (Å²) >= 11 is 1.14. The molecule has 0 radical (unpaired) electrons. The molecule has 0 fully saturated rings. The fourth-order valence-electron chi connectivity index (χ4n) is 1.36. The fraction of sp³-hybridized carbons (Fsp3) is 0.300. The van der Waals surface area contributed by atoms with Crippen molar-refractivity contribution >= 4 is 17.7 Å². The van der Waals surface area contributed by atoms with E-state index in [1.165, 1.54) is 0 Å². The maximum Gasteiger partial charge on any atom is 0.313 e. The zero-order valence-electron chi connectivity index (χ0n) is 9.65. The fourth-order valence-corrected chi connectivity index (χ4v) is 2.06. The minimum absolute atomic E-state index is 0.0431.